The highest BCUT2D eigenvalue weighted by Crippen LogP contribution is 2.42. The first kappa shape index (κ1) is 24.7. The Hall–Kier alpha value is -3.41. The zero-order valence-electron chi connectivity index (χ0n) is 20.1. The smallest absolute Gasteiger partial charge is 0.298 e. The lowest BCUT2D eigenvalue weighted by atomic mass is 9.81. The van der Waals surface area contributed by atoms with Crippen molar-refractivity contribution in [1.82, 2.24) is 0 Å². The zero-order valence-corrected chi connectivity index (χ0v) is 20.9. The number of aromatic hydroxyl groups is 1. The van der Waals surface area contributed by atoms with E-state index in [4.69, 9.17) is 0 Å². The molecular formula is C30H30O4S. The monoisotopic (exact) mass is 486 g/mol. The average Bonchev–Trinajstić information content (AvgIpc) is 2.87. The summed E-state index contributed by atoms with van der Waals surface area (Å²) in [5.41, 5.74) is 5.76. The third kappa shape index (κ3) is 5.16. The molecule has 4 aromatic rings. The van der Waals surface area contributed by atoms with Gasteiger partial charge in [-0.25, -0.2) is 0 Å². The van der Waals surface area contributed by atoms with Gasteiger partial charge >= 0.3 is 0 Å². The van der Waals surface area contributed by atoms with Gasteiger partial charge in [-0.1, -0.05) is 112 Å². The molecule has 0 heterocycles. The summed E-state index contributed by atoms with van der Waals surface area (Å²) in [6, 6.07) is 31.3. The first-order valence-electron chi connectivity index (χ1n) is 11.7. The lowest BCUT2D eigenvalue weighted by molar-refractivity contribution is 0.435. The minimum atomic E-state index is -4.57. The number of hydrogen-bond acceptors (Lipinski definition) is 3. The predicted molar refractivity (Wildman–Crippen MR) is 140 cm³/mol. The van der Waals surface area contributed by atoms with E-state index in [0.717, 1.165) is 16.7 Å². The predicted octanol–water partition coefficient (Wildman–Crippen LogP) is 7.09. The Morgan fingerprint density at radius 1 is 0.571 bits per heavy atom. The van der Waals surface area contributed by atoms with Gasteiger partial charge in [-0.15, -0.1) is 0 Å². The van der Waals surface area contributed by atoms with Crippen LogP contribution in [0, 0.1) is 0 Å². The Morgan fingerprint density at radius 2 is 1.00 bits per heavy atom. The fraction of sp³-hybridized carbons (Fsp3) is 0.200. The second-order valence-corrected chi connectivity index (χ2v) is 10.4. The van der Waals surface area contributed by atoms with Crippen LogP contribution in [0.15, 0.2) is 102 Å². The van der Waals surface area contributed by atoms with Crippen molar-refractivity contribution in [2.24, 2.45) is 0 Å². The fourth-order valence-corrected chi connectivity index (χ4v) is 5.33. The molecule has 4 rings (SSSR count). The van der Waals surface area contributed by atoms with Gasteiger partial charge in [0.1, 0.15) is 10.6 Å². The van der Waals surface area contributed by atoms with Gasteiger partial charge < -0.3 is 5.11 Å². The normalized spacial score (nSPS) is 14.3. The summed E-state index contributed by atoms with van der Waals surface area (Å²) in [4.78, 5) is -0.474. The van der Waals surface area contributed by atoms with E-state index >= 15 is 0 Å². The molecule has 0 aliphatic rings. The summed E-state index contributed by atoms with van der Waals surface area (Å²) in [5, 5.41) is 11.0. The van der Waals surface area contributed by atoms with Gasteiger partial charge in [-0.05, 0) is 33.9 Å². The molecule has 5 heteroatoms. The molecule has 3 atom stereocenters. The average molecular weight is 487 g/mol. The summed E-state index contributed by atoms with van der Waals surface area (Å²) < 4.78 is 33.5. The number of phenolic OH excluding ortho intramolecular Hbond substituents is 1. The SMILES string of the molecule is CC(c1ccccc1)c1ccc(C(C)c2ccc(S(=O)(=O)O)c(O)c2C(C)c2ccccc2)cc1. The maximum atomic E-state index is 11.9. The van der Waals surface area contributed by atoms with Crippen LogP contribution in [0.1, 0.15) is 71.9 Å². The highest BCUT2D eigenvalue weighted by Gasteiger charge is 2.27. The lowest BCUT2D eigenvalue weighted by Crippen LogP contribution is -2.09. The molecule has 0 aromatic heterocycles. The van der Waals surface area contributed by atoms with Crippen molar-refractivity contribution in [2.45, 2.75) is 43.4 Å². The maximum Gasteiger partial charge on any atom is 0.298 e. The van der Waals surface area contributed by atoms with Gasteiger partial charge in [0.15, 0.2) is 0 Å². The van der Waals surface area contributed by atoms with Crippen molar-refractivity contribution in [2.75, 3.05) is 0 Å². The van der Waals surface area contributed by atoms with E-state index in [1.807, 2.05) is 62.4 Å². The molecule has 0 saturated heterocycles. The van der Waals surface area contributed by atoms with E-state index in [2.05, 4.69) is 43.3 Å². The molecule has 0 bridgehead atoms. The van der Waals surface area contributed by atoms with Crippen molar-refractivity contribution >= 4 is 10.1 Å². The Bertz CT molecular complexity index is 1400. The van der Waals surface area contributed by atoms with Crippen LogP contribution < -0.4 is 0 Å². The number of hydrogen-bond donors (Lipinski definition) is 2. The molecule has 0 fully saturated rings. The summed E-state index contributed by atoms with van der Waals surface area (Å²) >= 11 is 0. The molecule has 4 nitrogen and oxygen atoms in total. The summed E-state index contributed by atoms with van der Waals surface area (Å²) in [6.07, 6.45) is 0. The third-order valence-corrected chi connectivity index (χ3v) is 7.81. The van der Waals surface area contributed by atoms with Crippen molar-refractivity contribution < 1.29 is 18.1 Å². The van der Waals surface area contributed by atoms with Crippen molar-refractivity contribution in [3.63, 3.8) is 0 Å². The summed E-state index contributed by atoms with van der Waals surface area (Å²) in [7, 11) is -4.57. The minimum Gasteiger partial charge on any atom is -0.506 e. The van der Waals surface area contributed by atoms with Crippen LogP contribution in [0.25, 0.3) is 0 Å². The molecule has 35 heavy (non-hydrogen) atoms. The van der Waals surface area contributed by atoms with E-state index in [1.54, 1.807) is 6.07 Å². The molecule has 0 radical (unpaired) electrons. The number of benzene rings is 4. The molecule has 0 aliphatic carbocycles. The van der Waals surface area contributed by atoms with Crippen LogP contribution in [0.5, 0.6) is 5.75 Å². The van der Waals surface area contributed by atoms with E-state index in [-0.39, 0.29) is 17.8 Å². The Labute approximate surface area is 207 Å². The van der Waals surface area contributed by atoms with E-state index in [1.165, 1.54) is 17.2 Å². The topological polar surface area (TPSA) is 74.6 Å². The maximum absolute atomic E-state index is 11.9. The van der Waals surface area contributed by atoms with E-state index in [0.29, 0.717) is 5.56 Å². The second-order valence-electron chi connectivity index (χ2n) is 9.04. The number of phenols is 1. The fourth-order valence-electron chi connectivity index (χ4n) is 4.74. The molecule has 3 unspecified atom stereocenters. The highest BCUT2D eigenvalue weighted by molar-refractivity contribution is 7.86. The van der Waals surface area contributed by atoms with Gasteiger partial charge in [0, 0.05) is 23.3 Å². The van der Waals surface area contributed by atoms with Crippen molar-refractivity contribution in [3.05, 3.63) is 130 Å². The highest BCUT2D eigenvalue weighted by atomic mass is 32.2. The van der Waals surface area contributed by atoms with Crippen LogP contribution in [0.4, 0.5) is 0 Å². The molecule has 4 aromatic carbocycles. The van der Waals surface area contributed by atoms with Crippen LogP contribution >= 0.6 is 0 Å². The lowest BCUT2D eigenvalue weighted by Gasteiger charge is -2.24. The van der Waals surface area contributed by atoms with Gasteiger partial charge in [0.05, 0.1) is 0 Å². The minimum absolute atomic E-state index is 0.112. The molecule has 0 saturated carbocycles. The molecule has 0 amide bonds. The van der Waals surface area contributed by atoms with Gasteiger partial charge in [-0.3, -0.25) is 4.55 Å². The zero-order chi connectivity index (χ0) is 25.2. The summed E-state index contributed by atoms with van der Waals surface area (Å²) in [5.74, 6) is -0.541. The van der Waals surface area contributed by atoms with E-state index < -0.39 is 20.8 Å². The third-order valence-electron chi connectivity index (χ3n) is 6.93. The molecule has 180 valence electrons. The molecule has 0 spiro atoms. The van der Waals surface area contributed by atoms with E-state index in [9.17, 15) is 18.1 Å². The quantitative estimate of drug-likeness (QED) is 0.273. The van der Waals surface area contributed by atoms with Gasteiger partial charge in [-0.2, -0.15) is 8.42 Å². The van der Waals surface area contributed by atoms with Crippen molar-refractivity contribution in [3.8, 4) is 5.75 Å². The van der Waals surface area contributed by atoms with Crippen LogP contribution in [0.2, 0.25) is 0 Å². The Morgan fingerprint density at radius 3 is 1.49 bits per heavy atom. The number of rotatable bonds is 7. The Kier molecular flexibility index (Phi) is 7.10. The van der Waals surface area contributed by atoms with Crippen LogP contribution in [0.3, 0.4) is 0 Å². The van der Waals surface area contributed by atoms with Gasteiger partial charge in [0.2, 0.25) is 0 Å². The first-order chi connectivity index (χ1) is 16.7. The van der Waals surface area contributed by atoms with Gasteiger partial charge in [0.25, 0.3) is 10.1 Å². The summed E-state index contributed by atoms with van der Waals surface area (Å²) in [6.45, 7) is 6.15. The molecule has 2 N–H and O–H groups in total. The standard InChI is InChI=1S/C30H30O4S/c1-20(23-10-6-4-7-11-23)25-14-16-26(17-15-25)21(2)27-18-19-28(35(32,33)34)30(31)29(27)22(3)24-12-8-5-9-13-24/h4-22,31H,1-3H3,(H,32,33,34). The Balaban J connectivity index is 1.75. The second kappa shape index (κ2) is 10.1. The van der Waals surface area contributed by atoms with Crippen LogP contribution in [-0.4, -0.2) is 18.1 Å². The molecular weight excluding hydrogens is 456 g/mol. The first-order valence-corrected chi connectivity index (χ1v) is 13.2. The van der Waals surface area contributed by atoms with Crippen molar-refractivity contribution in [1.29, 1.82) is 0 Å². The largest absolute Gasteiger partial charge is 0.506 e. The van der Waals surface area contributed by atoms with Crippen LogP contribution in [-0.2, 0) is 10.1 Å². The molecule has 0 aliphatic heterocycles.